The van der Waals surface area contributed by atoms with E-state index < -0.39 is 22.1 Å². The van der Waals surface area contributed by atoms with Gasteiger partial charge in [0.15, 0.2) is 6.10 Å². The Morgan fingerprint density at radius 1 is 1.50 bits per heavy atom. The van der Waals surface area contributed by atoms with Gasteiger partial charge in [0.2, 0.25) is 10.0 Å². The van der Waals surface area contributed by atoms with Crippen molar-refractivity contribution in [3.05, 3.63) is 22.7 Å². The van der Waals surface area contributed by atoms with Gasteiger partial charge < -0.3 is 14.9 Å². The van der Waals surface area contributed by atoms with E-state index in [-0.39, 0.29) is 23.6 Å². The molecule has 0 fully saturated rings. The zero-order valence-electron chi connectivity index (χ0n) is 10.5. The van der Waals surface area contributed by atoms with E-state index in [1.54, 1.807) is 6.07 Å². The van der Waals surface area contributed by atoms with Crippen LogP contribution in [-0.2, 0) is 14.8 Å². The quantitative estimate of drug-likeness (QED) is 0.649. The molecular formula is C11H14BrNO6S. The summed E-state index contributed by atoms with van der Waals surface area (Å²) in [5.74, 6) is -1.23. The number of carboxylic acids is 1. The molecule has 0 bridgehead atoms. The number of nitrogens with one attached hydrogen (secondary N) is 1. The molecule has 9 heteroatoms. The first-order valence-corrected chi connectivity index (χ1v) is 7.79. The van der Waals surface area contributed by atoms with Gasteiger partial charge in [-0.2, -0.15) is 0 Å². The first-order valence-electron chi connectivity index (χ1n) is 5.52. The lowest BCUT2D eigenvalue weighted by Gasteiger charge is -2.11. The molecule has 0 amide bonds. The fourth-order valence-electron chi connectivity index (χ4n) is 1.39. The summed E-state index contributed by atoms with van der Waals surface area (Å²) in [7, 11) is -2.51. The van der Waals surface area contributed by atoms with E-state index in [0.717, 1.165) is 0 Å². The highest BCUT2D eigenvalue weighted by molar-refractivity contribution is 9.10. The van der Waals surface area contributed by atoms with Crippen LogP contribution in [0.2, 0.25) is 0 Å². The zero-order valence-corrected chi connectivity index (χ0v) is 12.9. The number of rotatable bonds is 7. The van der Waals surface area contributed by atoms with Crippen molar-refractivity contribution < 1.29 is 28.2 Å². The number of ether oxygens (including phenoxy) is 1. The number of methoxy groups -OCH3 is 1. The van der Waals surface area contributed by atoms with Crippen LogP contribution < -0.4 is 9.46 Å². The molecule has 1 atom stereocenters. The molecule has 1 rings (SSSR count). The summed E-state index contributed by atoms with van der Waals surface area (Å²) in [6, 6.07) is 4.49. The summed E-state index contributed by atoms with van der Waals surface area (Å²) in [4.78, 5) is 10.3. The third-order valence-electron chi connectivity index (χ3n) is 2.41. The van der Waals surface area contributed by atoms with Crippen LogP contribution in [0.15, 0.2) is 27.6 Å². The van der Waals surface area contributed by atoms with Crippen molar-refractivity contribution in [3.8, 4) is 5.75 Å². The standard InChI is InChI=1S/C11H14BrNO6S/c1-19-9-3-2-7(12)6-10(9)20(17,18)13-5-4-8(14)11(15)16/h2-3,6,8,13-14H,4-5H2,1H3,(H,15,16)/t8-/m0/s1. The van der Waals surface area contributed by atoms with Gasteiger partial charge in [-0.15, -0.1) is 0 Å². The number of carboxylic acid groups (broad SMARTS) is 1. The summed E-state index contributed by atoms with van der Waals surface area (Å²) in [5, 5.41) is 17.6. The SMILES string of the molecule is COc1ccc(Br)cc1S(=O)(=O)NCC[C@H](O)C(=O)O. The Morgan fingerprint density at radius 3 is 2.70 bits per heavy atom. The molecule has 3 N–H and O–H groups in total. The number of carbonyl (C=O) groups is 1. The number of benzene rings is 1. The smallest absolute Gasteiger partial charge is 0.332 e. The number of hydrogen-bond donors (Lipinski definition) is 3. The molecule has 0 aliphatic carbocycles. The van der Waals surface area contributed by atoms with E-state index in [0.29, 0.717) is 4.47 Å². The van der Waals surface area contributed by atoms with Crippen molar-refractivity contribution in [3.63, 3.8) is 0 Å². The second kappa shape index (κ2) is 7.02. The monoisotopic (exact) mass is 367 g/mol. The van der Waals surface area contributed by atoms with Crippen LogP contribution in [0.25, 0.3) is 0 Å². The summed E-state index contributed by atoms with van der Waals surface area (Å²) in [6.45, 7) is -0.203. The third kappa shape index (κ3) is 4.44. The first-order chi connectivity index (χ1) is 9.27. The van der Waals surface area contributed by atoms with Crippen LogP contribution in [0.4, 0.5) is 0 Å². The summed E-state index contributed by atoms with van der Waals surface area (Å²) in [5.41, 5.74) is 0. The molecule has 20 heavy (non-hydrogen) atoms. The molecule has 1 aromatic rings. The molecule has 0 radical (unpaired) electrons. The van der Waals surface area contributed by atoms with Crippen molar-refractivity contribution in [2.45, 2.75) is 17.4 Å². The van der Waals surface area contributed by atoms with Crippen LogP contribution in [0.3, 0.4) is 0 Å². The van der Waals surface area contributed by atoms with Crippen LogP contribution in [-0.4, -0.2) is 44.4 Å². The number of aliphatic hydroxyl groups is 1. The molecular weight excluding hydrogens is 354 g/mol. The van der Waals surface area contributed by atoms with E-state index in [1.807, 2.05) is 0 Å². The van der Waals surface area contributed by atoms with Crippen molar-refractivity contribution in [1.82, 2.24) is 4.72 Å². The van der Waals surface area contributed by atoms with E-state index in [1.165, 1.54) is 19.2 Å². The van der Waals surface area contributed by atoms with Crippen molar-refractivity contribution in [2.75, 3.05) is 13.7 Å². The lowest BCUT2D eigenvalue weighted by atomic mass is 10.3. The Kier molecular flexibility index (Phi) is 5.93. The summed E-state index contributed by atoms with van der Waals surface area (Å²) < 4.78 is 31.9. The second-order valence-corrected chi connectivity index (χ2v) is 6.49. The van der Waals surface area contributed by atoms with Crippen LogP contribution >= 0.6 is 15.9 Å². The van der Waals surface area contributed by atoms with Gasteiger partial charge in [0.05, 0.1) is 7.11 Å². The van der Waals surface area contributed by atoms with Gasteiger partial charge in [0.25, 0.3) is 0 Å². The second-order valence-electron chi connectivity index (χ2n) is 3.84. The summed E-state index contributed by atoms with van der Waals surface area (Å²) >= 11 is 3.16. The topological polar surface area (TPSA) is 113 Å². The number of aliphatic carboxylic acids is 1. The lowest BCUT2D eigenvalue weighted by Crippen LogP contribution is -2.30. The van der Waals surface area contributed by atoms with Crippen LogP contribution in [0.1, 0.15) is 6.42 Å². The fraction of sp³-hybridized carbons (Fsp3) is 0.364. The highest BCUT2D eigenvalue weighted by Crippen LogP contribution is 2.26. The molecule has 0 saturated carbocycles. The Balaban J connectivity index is 2.84. The normalized spacial score (nSPS) is 12.9. The van der Waals surface area contributed by atoms with Crippen molar-refractivity contribution >= 4 is 31.9 Å². The highest BCUT2D eigenvalue weighted by Gasteiger charge is 2.21. The number of hydrogen-bond acceptors (Lipinski definition) is 5. The maximum atomic E-state index is 12.1. The molecule has 0 aliphatic rings. The molecule has 0 saturated heterocycles. The lowest BCUT2D eigenvalue weighted by molar-refractivity contribution is -0.146. The summed E-state index contributed by atoms with van der Waals surface area (Å²) in [6.07, 6.45) is -1.84. The minimum Gasteiger partial charge on any atom is -0.495 e. The molecule has 7 nitrogen and oxygen atoms in total. The third-order valence-corrected chi connectivity index (χ3v) is 4.39. The van der Waals surface area contributed by atoms with E-state index in [4.69, 9.17) is 14.9 Å². The van der Waals surface area contributed by atoms with Gasteiger partial charge in [0.1, 0.15) is 10.6 Å². The number of aliphatic hydroxyl groups excluding tert-OH is 1. The molecule has 0 spiro atoms. The molecule has 0 aromatic heterocycles. The average molecular weight is 368 g/mol. The van der Waals surface area contributed by atoms with Crippen molar-refractivity contribution in [1.29, 1.82) is 0 Å². The van der Waals surface area contributed by atoms with E-state index in [9.17, 15) is 13.2 Å². The zero-order chi connectivity index (χ0) is 15.3. The Hall–Kier alpha value is -1.16. The van der Waals surface area contributed by atoms with Gasteiger partial charge >= 0.3 is 5.97 Å². The average Bonchev–Trinajstić information content (AvgIpc) is 2.38. The van der Waals surface area contributed by atoms with Gasteiger partial charge in [-0.25, -0.2) is 17.9 Å². The molecule has 112 valence electrons. The number of halogens is 1. The molecule has 0 unspecified atom stereocenters. The fourth-order valence-corrected chi connectivity index (χ4v) is 3.14. The van der Waals surface area contributed by atoms with Crippen LogP contribution in [0.5, 0.6) is 5.75 Å². The van der Waals surface area contributed by atoms with Crippen LogP contribution in [0, 0.1) is 0 Å². The Morgan fingerprint density at radius 2 is 2.15 bits per heavy atom. The Bertz CT molecular complexity index is 589. The van der Waals surface area contributed by atoms with Gasteiger partial charge in [0, 0.05) is 11.0 Å². The maximum absolute atomic E-state index is 12.1. The molecule has 1 aromatic carbocycles. The first kappa shape index (κ1) is 16.9. The Labute approximate surface area is 124 Å². The molecule has 0 aliphatic heterocycles. The molecule has 0 heterocycles. The maximum Gasteiger partial charge on any atom is 0.332 e. The van der Waals surface area contributed by atoms with E-state index >= 15 is 0 Å². The van der Waals surface area contributed by atoms with Gasteiger partial charge in [-0.3, -0.25) is 0 Å². The van der Waals surface area contributed by atoms with E-state index in [2.05, 4.69) is 20.7 Å². The largest absolute Gasteiger partial charge is 0.495 e. The predicted octanol–water partition coefficient (Wildman–Crippen LogP) is 0.572. The highest BCUT2D eigenvalue weighted by atomic mass is 79.9. The minimum absolute atomic E-state index is 0.0702. The van der Waals surface area contributed by atoms with Gasteiger partial charge in [-0.05, 0) is 24.6 Å². The van der Waals surface area contributed by atoms with Gasteiger partial charge in [-0.1, -0.05) is 15.9 Å². The van der Waals surface area contributed by atoms with Crippen molar-refractivity contribution in [2.24, 2.45) is 0 Å². The minimum atomic E-state index is -3.86. The number of sulfonamides is 1. The predicted molar refractivity (Wildman–Crippen MR) is 74.1 cm³/mol.